The number of anilines is 3. The molecule has 3 N–H and O–H groups in total. The predicted molar refractivity (Wildman–Crippen MR) is 107 cm³/mol. The average Bonchev–Trinajstić information content (AvgIpc) is 2.62. The van der Waals surface area contributed by atoms with E-state index in [1.165, 1.54) is 0 Å². The summed E-state index contributed by atoms with van der Waals surface area (Å²) < 4.78 is 0. The number of aryl methyl sites for hydroxylation is 2. The molecule has 0 saturated heterocycles. The van der Waals surface area contributed by atoms with Crippen molar-refractivity contribution < 1.29 is 14.7 Å². The zero-order valence-corrected chi connectivity index (χ0v) is 15.6. The third kappa shape index (κ3) is 5.14. The van der Waals surface area contributed by atoms with E-state index in [0.29, 0.717) is 28.5 Å². The van der Waals surface area contributed by atoms with Crippen LogP contribution in [-0.4, -0.2) is 27.0 Å². The number of carboxylic acids is 1. The molecule has 7 heteroatoms. The van der Waals surface area contributed by atoms with E-state index in [4.69, 9.17) is 5.11 Å². The number of carboxylic acid groups (broad SMARTS) is 1. The maximum absolute atomic E-state index is 12.5. The number of rotatable bonds is 6. The molecule has 0 unspecified atom stereocenters. The van der Waals surface area contributed by atoms with Crippen molar-refractivity contribution in [2.45, 2.75) is 20.3 Å². The van der Waals surface area contributed by atoms with Crippen molar-refractivity contribution in [3.05, 3.63) is 77.1 Å². The van der Waals surface area contributed by atoms with Gasteiger partial charge in [0.05, 0.1) is 6.42 Å². The Labute approximate surface area is 162 Å². The van der Waals surface area contributed by atoms with Gasteiger partial charge in [-0.2, -0.15) is 0 Å². The summed E-state index contributed by atoms with van der Waals surface area (Å²) in [5.74, 6) is -0.686. The van der Waals surface area contributed by atoms with E-state index in [2.05, 4.69) is 20.6 Å². The molecule has 1 aromatic heterocycles. The van der Waals surface area contributed by atoms with E-state index in [9.17, 15) is 9.59 Å². The van der Waals surface area contributed by atoms with Crippen LogP contribution in [0.15, 0.2) is 54.6 Å². The molecule has 0 fully saturated rings. The van der Waals surface area contributed by atoms with Gasteiger partial charge in [0.2, 0.25) is 5.95 Å². The molecule has 3 rings (SSSR count). The van der Waals surface area contributed by atoms with Crippen molar-refractivity contribution in [2.24, 2.45) is 0 Å². The van der Waals surface area contributed by atoms with Crippen LogP contribution in [0.1, 0.15) is 27.3 Å². The second kappa shape index (κ2) is 8.30. The van der Waals surface area contributed by atoms with Gasteiger partial charge in [0.25, 0.3) is 5.91 Å². The quantitative estimate of drug-likeness (QED) is 0.606. The molecule has 0 bridgehead atoms. The number of carbonyl (C=O) groups excluding carboxylic acids is 1. The maximum atomic E-state index is 12.5. The van der Waals surface area contributed by atoms with Gasteiger partial charge in [0.15, 0.2) is 0 Å². The van der Waals surface area contributed by atoms with Gasteiger partial charge in [0, 0.05) is 28.3 Å². The molecule has 0 aliphatic heterocycles. The number of aromatic nitrogens is 2. The standard InChI is InChI=1S/C21H20N4O3/c1-13-10-14(2)23-21(22-13)25-18-5-3-4-16(12-18)20(28)24-17-8-6-15(7-9-17)11-19(26)27/h3-10,12H,11H2,1-2H3,(H,24,28)(H,26,27)(H,22,23,25). The minimum absolute atomic E-state index is 0.0531. The fraction of sp³-hybridized carbons (Fsp3) is 0.143. The molecular formula is C21H20N4O3. The minimum atomic E-state index is -0.895. The Kier molecular flexibility index (Phi) is 5.64. The molecule has 1 amide bonds. The number of benzene rings is 2. The lowest BCUT2D eigenvalue weighted by atomic mass is 10.1. The third-order valence-corrected chi connectivity index (χ3v) is 3.93. The van der Waals surface area contributed by atoms with E-state index >= 15 is 0 Å². The number of amides is 1. The second-order valence-electron chi connectivity index (χ2n) is 6.40. The van der Waals surface area contributed by atoms with Gasteiger partial charge >= 0.3 is 5.97 Å². The van der Waals surface area contributed by atoms with Crippen LogP contribution in [0.4, 0.5) is 17.3 Å². The molecule has 0 radical (unpaired) electrons. The van der Waals surface area contributed by atoms with Crippen molar-refractivity contribution in [1.82, 2.24) is 9.97 Å². The van der Waals surface area contributed by atoms with Crippen LogP contribution in [0.25, 0.3) is 0 Å². The van der Waals surface area contributed by atoms with Gasteiger partial charge in [-0.3, -0.25) is 9.59 Å². The van der Waals surface area contributed by atoms with Crippen LogP contribution in [0, 0.1) is 13.8 Å². The minimum Gasteiger partial charge on any atom is -0.481 e. The monoisotopic (exact) mass is 376 g/mol. The Balaban J connectivity index is 1.70. The Morgan fingerprint density at radius 1 is 0.929 bits per heavy atom. The lowest BCUT2D eigenvalue weighted by Crippen LogP contribution is -2.12. The molecular weight excluding hydrogens is 356 g/mol. The van der Waals surface area contributed by atoms with E-state index in [1.807, 2.05) is 26.0 Å². The summed E-state index contributed by atoms with van der Waals surface area (Å²) in [5, 5.41) is 14.7. The predicted octanol–water partition coefficient (Wildman–Crippen LogP) is 3.72. The van der Waals surface area contributed by atoms with E-state index < -0.39 is 5.97 Å². The molecule has 7 nitrogen and oxygen atoms in total. The van der Waals surface area contributed by atoms with Gasteiger partial charge in [-0.25, -0.2) is 9.97 Å². The van der Waals surface area contributed by atoms with E-state index in [-0.39, 0.29) is 12.3 Å². The SMILES string of the molecule is Cc1cc(C)nc(Nc2cccc(C(=O)Nc3ccc(CC(=O)O)cc3)c2)n1. The fourth-order valence-electron chi connectivity index (χ4n) is 2.73. The zero-order chi connectivity index (χ0) is 20.1. The molecule has 0 aliphatic carbocycles. The first-order chi connectivity index (χ1) is 13.4. The van der Waals surface area contributed by atoms with Crippen molar-refractivity contribution in [1.29, 1.82) is 0 Å². The third-order valence-electron chi connectivity index (χ3n) is 3.93. The Hall–Kier alpha value is -3.74. The summed E-state index contributed by atoms with van der Waals surface area (Å²) in [5.41, 5.74) is 4.16. The molecule has 2 aromatic carbocycles. The smallest absolute Gasteiger partial charge is 0.307 e. The lowest BCUT2D eigenvalue weighted by Gasteiger charge is -2.09. The number of nitrogens with zero attached hydrogens (tertiary/aromatic N) is 2. The number of hydrogen-bond donors (Lipinski definition) is 3. The maximum Gasteiger partial charge on any atom is 0.307 e. The van der Waals surface area contributed by atoms with Crippen molar-refractivity contribution in [3.8, 4) is 0 Å². The summed E-state index contributed by atoms with van der Waals surface area (Å²) in [6.45, 7) is 3.79. The van der Waals surface area contributed by atoms with Crippen molar-refractivity contribution in [2.75, 3.05) is 10.6 Å². The topological polar surface area (TPSA) is 104 Å². The molecule has 28 heavy (non-hydrogen) atoms. The molecule has 0 atom stereocenters. The lowest BCUT2D eigenvalue weighted by molar-refractivity contribution is -0.136. The van der Waals surface area contributed by atoms with Crippen LogP contribution < -0.4 is 10.6 Å². The van der Waals surface area contributed by atoms with Gasteiger partial charge in [-0.15, -0.1) is 0 Å². The van der Waals surface area contributed by atoms with Crippen LogP contribution in [0.5, 0.6) is 0 Å². The van der Waals surface area contributed by atoms with Crippen LogP contribution >= 0.6 is 0 Å². The molecule has 142 valence electrons. The molecule has 1 heterocycles. The van der Waals surface area contributed by atoms with Crippen molar-refractivity contribution in [3.63, 3.8) is 0 Å². The number of aliphatic carboxylic acids is 1. The summed E-state index contributed by atoms with van der Waals surface area (Å²) >= 11 is 0. The Morgan fingerprint density at radius 3 is 2.25 bits per heavy atom. The van der Waals surface area contributed by atoms with Crippen LogP contribution in [0.3, 0.4) is 0 Å². The molecule has 0 spiro atoms. The molecule has 0 aliphatic rings. The summed E-state index contributed by atoms with van der Waals surface area (Å²) in [7, 11) is 0. The van der Waals surface area contributed by atoms with E-state index in [1.54, 1.807) is 42.5 Å². The van der Waals surface area contributed by atoms with Crippen LogP contribution in [0.2, 0.25) is 0 Å². The highest BCUT2D eigenvalue weighted by Gasteiger charge is 2.09. The summed E-state index contributed by atoms with van der Waals surface area (Å²) in [6, 6.07) is 15.6. The van der Waals surface area contributed by atoms with E-state index in [0.717, 1.165) is 11.4 Å². The summed E-state index contributed by atoms with van der Waals surface area (Å²) in [4.78, 5) is 31.9. The van der Waals surface area contributed by atoms with Gasteiger partial charge in [0.1, 0.15) is 0 Å². The van der Waals surface area contributed by atoms with Gasteiger partial charge < -0.3 is 15.7 Å². The van der Waals surface area contributed by atoms with Gasteiger partial charge in [-0.05, 0) is 55.8 Å². The first kappa shape index (κ1) is 19.0. The first-order valence-corrected chi connectivity index (χ1v) is 8.70. The van der Waals surface area contributed by atoms with Gasteiger partial charge in [-0.1, -0.05) is 18.2 Å². The highest BCUT2D eigenvalue weighted by molar-refractivity contribution is 6.04. The fourth-order valence-corrected chi connectivity index (χ4v) is 2.73. The number of nitrogens with one attached hydrogen (secondary N) is 2. The first-order valence-electron chi connectivity index (χ1n) is 8.70. The van der Waals surface area contributed by atoms with Crippen LogP contribution in [-0.2, 0) is 11.2 Å². The Bertz CT molecular complexity index is 996. The van der Waals surface area contributed by atoms with Crippen molar-refractivity contribution >= 4 is 29.2 Å². The normalized spacial score (nSPS) is 10.4. The Morgan fingerprint density at radius 2 is 1.61 bits per heavy atom. The second-order valence-corrected chi connectivity index (χ2v) is 6.40. The zero-order valence-electron chi connectivity index (χ0n) is 15.6. The number of hydrogen-bond acceptors (Lipinski definition) is 5. The molecule has 3 aromatic rings. The molecule has 0 saturated carbocycles. The average molecular weight is 376 g/mol. The number of carbonyl (C=O) groups is 2. The summed E-state index contributed by atoms with van der Waals surface area (Å²) in [6.07, 6.45) is -0.0531. The largest absolute Gasteiger partial charge is 0.481 e. The highest BCUT2D eigenvalue weighted by Crippen LogP contribution is 2.17. The highest BCUT2D eigenvalue weighted by atomic mass is 16.4.